The van der Waals surface area contributed by atoms with Crippen LogP contribution in [0.4, 0.5) is 5.69 Å². The van der Waals surface area contributed by atoms with Crippen LogP contribution in [0.3, 0.4) is 0 Å². The first-order chi connectivity index (χ1) is 9.60. The van der Waals surface area contributed by atoms with E-state index in [9.17, 15) is 9.59 Å². The van der Waals surface area contributed by atoms with Crippen molar-refractivity contribution in [1.29, 1.82) is 0 Å². The summed E-state index contributed by atoms with van der Waals surface area (Å²) in [5, 5.41) is 5.67. The average Bonchev–Trinajstić information content (AvgIpc) is 3.23. The lowest BCUT2D eigenvalue weighted by atomic mass is 10.1. The van der Waals surface area contributed by atoms with E-state index in [1.165, 1.54) is 0 Å². The second-order valence-electron chi connectivity index (χ2n) is 5.17. The van der Waals surface area contributed by atoms with E-state index in [0.717, 1.165) is 12.8 Å². The first-order valence-electron chi connectivity index (χ1n) is 6.81. The zero-order chi connectivity index (χ0) is 14.5. The van der Waals surface area contributed by atoms with Gasteiger partial charge in [-0.2, -0.15) is 0 Å². The summed E-state index contributed by atoms with van der Waals surface area (Å²) < 4.78 is 4.98. The van der Waals surface area contributed by atoms with Gasteiger partial charge in [-0.15, -0.1) is 0 Å². The van der Waals surface area contributed by atoms with E-state index >= 15 is 0 Å². The number of nitrogens with one attached hydrogen (secondary N) is 2. The molecule has 108 valence electrons. The van der Waals surface area contributed by atoms with Crippen LogP contribution in [0.25, 0.3) is 0 Å². The van der Waals surface area contributed by atoms with Crippen molar-refractivity contribution in [2.45, 2.75) is 25.8 Å². The quantitative estimate of drug-likeness (QED) is 0.832. The van der Waals surface area contributed by atoms with Gasteiger partial charge >= 0.3 is 0 Å². The van der Waals surface area contributed by atoms with E-state index in [1.54, 1.807) is 31.4 Å². The molecular weight excluding hydrogens is 256 g/mol. The summed E-state index contributed by atoms with van der Waals surface area (Å²) in [6.45, 7) is 2.34. The van der Waals surface area contributed by atoms with Crippen molar-refractivity contribution < 1.29 is 14.3 Å². The molecule has 0 aliphatic heterocycles. The van der Waals surface area contributed by atoms with Crippen LogP contribution in [-0.2, 0) is 9.53 Å². The number of ether oxygens (including phenoxy) is 1. The van der Waals surface area contributed by atoms with Gasteiger partial charge in [0.05, 0.1) is 6.61 Å². The maximum Gasteiger partial charge on any atom is 0.251 e. The lowest BCUT2D eigenvalue weighted by Gasteiger charge is -2.13. The molecular formula is C15H20N2O3. The molecule has 1 aromatic carbocycles. The summed E-state index contributed by atoms with van der Waals surface area (Å²) in [4.78, 5) is 23.7. The highest BCUT2D eigenvalue weighted by Crippen LogP contribution is 2.30. The Balaban J connectivity index is 1.97. The first-order valence-corrected chi connectivity index (χ1v) is 6.81. The van der Waals surface area contributed by atoms with Crippen molar-refractivity contribution in [3.05, 3.63) is 29.8 Å². The molecule has 0 radical (unpaired) electrons. The third-order valence-electron chi connectivity index (χ3n) is 3.13. The third kappa shape index (κ3) is 4.06. The van der Waals surface area contributed by atoms with Crippen LogP contribution in [0.5, 0.6) is 0 Å². The molecule has 1 atom stereocenters. The van der Waals surface area contributed by atoms with Crippen molar-refractivity contribution in [1.82, 2.24) is 5.32 Å². The summed E-state index contributed by atoms with van der Waals surface area (Å²) in [6, 6.07) is 6.90. The highest BCUT2D eigenvalue weighted by Gasteiger charge is 2.29. The third-order valence-corrected chi connectivity index (χ3v) is 3.13. The van der Waals surface area contributed by atoms with Crippen molar-refractivity contribution in [2.75, 3.05) is 19.0 Å². The van der Waals surface area contributed by atoms with Crippen LogP contribution in [0.15, 0.2) is 24.3 Å². The number of methoxy groups -OCH3 is 1. The van der Waals surface area contributed by atoms with Gasteiger partial charge in [0.2, 0.25) is 5.91 Å². The van der Waals surface area contributed by atoms with Gasteiger partial charge in [-0.25, -0.2) is 0 Å². The zero-order valence-corrected chi connectivity index (χ0v) is 11.8. The largest absolute Gasteiger partial charge is 0.383 e. The topological polar surface area (TPSA) is 67.4 Å². The molecule has 1 aliphatic carbocycles. The van der Waals surface area contributed by atoms with Crippen molar-refractivity contribution >= 4 is 17.5 Å². The molecule has 0 heterocycles. The van der Waals surface area contributed by atoms with E-state index in [1.807, 2.05) is 6.92 Å². The van der Waals surface area contributed by atoms with Crippen LogP contribution in [0.2, 0.25) is 0 Å². The highest BCUT2D eigenvalue weighted by molar-refractivity contribution is 5.98. The van der Waals surface area contributed by atoms with Gasteiger partial charge in [0.1, 0.15) is 0 Å². The van der Waals surface area contributed by atoms with Gasteiger partial charge < -0.3 is 15.4 Å². The summed E-state index contributed by atoms with van der Waals surface area (Å²) >= 11 is 0. The molecule has 0 saturated heterocycles. The number of anilines is 1. The van der Waals surface area contributed by atoms with Crippen LogP contribution in [-0.4, -0.2) is 31.6 Å². The molecule has 0 aromatic heterocycles. The van der Waals surface area contributed by atoms with E-state index in [-0.39, 0.29) is 23.8 Å². The smallest absolute Gasteiger partial charge is 0.251 e. The van der Waals surface area contributed by atoms with Crippen LogP contribution in [0.1, 0.15) is 30.1 Å². The minimum absolute atomic E-state index is 0.0373. The molecule has 1 aromatic rings. The summed E-state index contributed by atoms with van der Waals surface area (Å²) in [5.41, 5.74) is 1.19. The number of amides is 2. The Morgan fingerprint density at radius 1 is 1.40 bits per heavy atom. The lowest BCUT2D eigenvalue weighted by molar-refractivity contribution is -0.117. The lowest BCUT2D eigenvalue weighted by Crippen LogP contribution is -2.35. The molecule has 0 unspecified atom stereocenters. The molecule has 2 N–H and O–H groups in total. The Bertz CT molecular complexity index is 498. The monoisotopic (exact) mass is 276 g/mol. The molecule has 0 spiro atoms. The van der Waals surface area contributed by atoms with Gasteiger partial charge in [0.25, 0.3) is 5.91 Å². The highest BCUT2D eigenvalue weighted by atomic mass is 16.5. The van der Waals surface area contributed by atoms with E-state index < -0.39 is 0 Å². The van der Waals surface area contributed by atoms with Gasteiger partial charge in [-0.05, 0) is 38.0 Å². The van der Waals surface area contributed by atoms with E-state index in [0.29, 0.717) is 17.9 Å². The maximum absolute atomic E-state index is 12.0. The fourth-order valence-corrected chi connectivity index (χ4v) is 1.93. The molecule has 2 amide bonds. The SMILES string of the molecule is COC[C@@H](C)NC(=O)c1cccc(NC(=O)C2CC2)c1. The first kappa shape index (κ1) is 14.5. The Labute approximate surface area is 118 Å². The predicted molar refractivity (Wildman–Crippen MR) is 76.6 cm³/mol. The van der Waals surface area contributed by atoms with Gasteiger partial charge in [0, 0.05) is 30.3 Å². The minimum atomic E-state index is -0.169. The molecule has 0 bridgehead atoms. The van der Waals surface area contributed by atoms with Crippen LogP contribution >= 0.6 is 0 Å². The summed E-state index contributed by atoms with van der Waals surface area (Å²) in [6.07, 6.45) is 1.92. The standard InChI is InChI=1S/C15H20N2O3/c1-10(9-20-2)16-15(19)12-4-3-5-13(8-12)17-14(18)11-6-7-11/h3-5,8,10-11H,6-7,9H2,1-2H3,(H,16,19)(H,17,18)/t10-/m1/s1. The second-order valence-corrected chi connectivity index (χ2v) is 5.17. The fourth-order valence-electron chi connectivity index (χ4n) is 1.93. The summed E-state index contributed by atoms with van der Waals surface area (Å²) in [7, 11) is 1.59. The van der Waals surface area contributed by atoms with E-state index in [4.69, 9.17) is 4.74 Å². The molecule has 1 saturated carbocycles. The molecule has 1 fully saturated rings. The van der Waals surface area contributed by atoms with Gasteiger partial charge in [-0.3, -0.25) is 9.59 Å². The van der Waals surface area contributed by atoms with Gasteiger partial charge in [-0.1, -0.05) is 6.07 Å². The molecule has 5 heteroatoms. The zero-order valence-electron chi connectivity index (χ0n) is 11.8. The number of benzene rings is 1. The molecule has 2 rings (SSSR count). The minimum Gasteiger partial charge on any atom is -0.383 e. The summed E-state index contributed by atoms with van der Waals surface area (Å²) in [5.74, 6) is 0.0154. The number of hydrogen-bond acceptors (Lipinski definition) is 3. The second kappa shape index (κ2) is 6.52. The van der Waals surface area contributed by atoms with Crippen LogP contribution < -0.4 is 10.6 Å². The Morgan fingerprint density at radius 3 is 2.80 bits per heavy atom. The number of carbonyl (C=O) groups excluding carboxylic acids is 2. The van der Waals surface area contributed by atoms with Crippen molar-refractivity contribution in [3.63, 3.8) is 0 Å². The number of rotatable bonds is 6. The fraction of sp³-hybridized carbons (Fsp3) is 0.467. The van der Waals surface area contributed by atoms with E-state index in [2.05, 4.69) is 10.6 Å². The Morgan fingerprint density at radius 2 is 2.15 bits per heavy atom. The van der Waals surface area contributed by atoms with Crippen LogP contribution in [0, 0.1) is 5.92 Å². The van der Waals surface area contributed by atoms with Crippen molar-refractivity contribution in [3.8, 4) is 0 Å². The van der Waals surface area contributed by atoms with Crippen molar-refractivity contribution in [2.24, 2.45) is 5.92 Å². The predicted octanol–water partition coefficient (Wildman–Crippen LogP) is 1.80. The Hall–Kier alpha value is -1.88. The number of carbonyl (C=O) groups is 2. The van der Waals surface area contributed by atoms with Gasteiger partial charge in [0.15, 0.2) is 0 Å². The average molecular weight is 276 g/mol. The number of hydrogen-bond donors (Lipinski definition) is 2. The normalized spacial score (nSPS) is 15.5. The molecule has 1 aliphatic rings. The molecule has 20 heavy (non-hydrogen) atoms. The Kier molecular flexibility index (Phi) is 4.74. The maximum atomic E-state index is 12.0. The molecule has 5 nitrogen and oxygen atoms in total.